The Balaban J connectivity index is 1.50. The quantitative estimate of drug-likeness (QED) is 0.510. The van der Waals surface area contributed by atoms with Crippen molar-refractivity contribution in [3.8, 4) is 5.88 Å². The standard InChI is InChI=1S/C25H27FN4O4/c1-13-14(2)34-23(31)15-5-6-19(30-21(13)15)29-20-9-16-17(10-27-20)22(33-12-25(26)7-8-25)28-11-18(16)24(3,4)32/h5-6,9-11,13-14,32H,7-8,12H2,1-4H3,(H,27,29,30)/t13-,14-/m0/s1. The van der Waals surface area contributed by atoms with Crippen molar-refractivity contribution in [3.05, 3.63) is 47.4 Å². The van der Waals surface area contributed by atoms with E-state index in [-0.39, 0.29) is 30.5 Å². The molecule has 0 radical (unpaired) electrons. The Morgan fingerprint density at radius 1 is 1.21 bits per heavy atom. The summed E-state index contributed by atoms with van der Waals surface area (Å²) in [5.74, 6) is 0.879. The van der Waals surface area contributed by atoms with Crippen LogP contribution in [0.5, 0.6) is 5.88 Å². The molecule has 0 saturated heterocycles. The van der Waals surface area contributed by atoms with E-state index in [9.17, 15) is 14.3 Å². The van der Waals surface area contributed by atoms with Gasteiger partial charge in [-0.05, 0) is 57.2 Å². The fraction of sp³-hybridized carbons (Fsp3) is 0.440. The zero-order chi connectivity index (χ0) is 24.3. The molecule has 0 spiro atoms. The molecular formula is C25H27FN4O4. The number of fused-ring (bicyclic) bond motifs is 2. The number of nitrogens with zero attached hydrogens (tertiary/aromatic N) is 3. The number of carbonyl (C=O) groups excluding carboxylic acids is 1. The van der Waals surface area contributed by atoms with Crippen molar-refractivity contribution in [3.63, 3.8) is 0 Å². The van der Waals surface area contributed by atoms with Crippen LogP contribution >= 0.6 is 0 Å². The van der Waals surface area contributed by atoms with Gasteiger partial charge in [-0.15, -0.1) is 0 Å². The number of anilines is 2. The molecule has 3 aromatic rings. The smallest absolute Gasteiger partial charge is 0.340 e. The van der Waals surface area contributed by atoms with Crippen molar-refractivity contribution in [1.82, 2.24) is 15.0 Å². The second-order valence-electron chi connectivity index (χ2n) is 9.74. The van der Waals surface area contributed by atoms with Crippen LogP contribution in [0.15, 0.2) is 30.6 Å². The molecule has 1 aliphatic heterocycles. The van der Waals surface area contributed by atoms with Gasteiger partial charge in [0.2, 0.25) is 5.88 Å². The average Bonchev–Trinajstić information content (AvgIpc) is 3.52. The largest absolute Gasteiger partial charge is 0.474 e. The highest BCUT2D eigenvalue weighted by molar-refractivity contribution is 5.93. The van der Waals surface area contributed by atoms with E-state index in [0.29, 0.717) is 52.1 Å². The lowest BCUT2D eigenvalue weighted by molar-refractivity contribution is 0.0235. The summed E-state index contributed by atoms with van der Waals surface area (Å²) in [6.07, 6.45) is 3.85. The molecule has 1 saturated carbocycles. The van der Waals surface area contributed by atoms with Gasteiger partial charge in [0.05, 0.1) is 22.2 Å². The molecule has 5 rings (SSSR count). The molecule has 0 amide bonds. The summed E-state index contributed by atoms with van der Waals surface area (Å²) in [7, 11) is 0. The van der Waals surface area contributed by atoms with Crippen LogP contribution < -0.4 is 10.1 Å². The molecule has 0 unspecified atom stereocenters. The van der Waals surface area contributed by atoms with Crippen molar-refractivity contribution in [2.75, 3.05) is 11.9 Å². The maximum absolute atomic E-state index is 14.1. The van der Waals surface area contributed by atoms with E-state index in [4.69, 9.17) is 9.47 Å². The van der Waals surface area contributed by atoms with E-state index < -0.39 is 11.3 Å². The van der Waals surface area contributed by atoms with Crippen LogP contribution in [-0.4, -0.2) is 44.4 Å². The first-order valence-electron chi connectivity index (χ1n) is 11.4. The number of halogens is 1. The number of ether oxygens (including phenoxy) is 2. The third-order valence-corrected chi connectivity index (χ3v) is 6.48. The Bertz CT molecular complexity index is 1290. The van der Waals surface area contributed by atoms with Gasteiger partial charge in [-0.25, -0.2) is 24.1 Å². The van der Waals surface area contributed by atoms with Gasteiger partial charge in [-0.3, -0.25) is 0 Å². The molecule has 9 heteroatoms. The summed E-state index contributed by atoms with van der Waals surface area (Å²) in [5.41, 5.74) is -0.731. The maximum Gasteiger partial charge on any atom is 0.340 e. The fourth-order valence-corrected chi connectivity index (χ4v) is 4.01. The predicted molar refractivity (Wildman–Crippen MR) is 124 cm³/mol. The van der Waals surface area contributed by atoms with Gasteiger partial charge in [0.15, 0.2) is 0 Å². The highest BCUT2D eigenvalue weighted by Gasteiger charge is 2.44. The number of esters is 1. The summed E-state index contributed by atoms with van der Waals surface area (Å²) in [6, 6.07) is 5.17. The van der Waals surface area contributed by atoms with Gasteiger partial charge in [0.1, 0.15) is 30.0 Å². The molecule has 178 valence electrons. The zero-order valence-electron chi connectivity index (χ0n) is 19.6. The van der Waals surface area contributed by atoms with E-state index in [1.54, 1.807) is 44.4 Å². The third-order valence-electron chi connectivity index (χ3n) is 6.48. The average molecular weight is 467 g/mol. The molecule has 0 bridgehead atoms. The van der Waals surface area contributed by atoms with Crippen molar-refractivity contribution >= 4 is 28.4 Å². The zero-order valence-corrected chi connectivity index (χ0v) is 19.6. The van der Waals surface area contributed by atoms with Crippen molar-refractivity contribution in [2.45, 2.75) is 63.8 Å². The number of alkyl halides is 1. The number of cyclic esters (lactones) is 1. The molecule has 1 aliphatic carbocycles. The molecule has 3 aromatic heterocycles. The highest BCUT2D eigenvalue weighted by atomic mass is 19.1. The molecule has 2 aliphatic rings. The SMILES string of the molecule is C[C@@H]1OC(=O)c2ccc(Nc3cc4c(C(C)(C)O)cnc(OCC5(F)CC5)c4cn3)nc2[C@H]1C. The molecule has 34 heavy (non-hydrogen) atoms. The Morgan fingerprint density at radius 2 is 1.97 bits per heavy atom. The fourth-order valence-electron chi connectivity index (χ4n) is 4.01. The molecule has 2 N–H and O–H groups in total. The molecule has 1 fully saturated rings. The summed E-state index contributed by atoms with van der Waals surface area (Å²) >= 11 is 0. The van der Waals surface area contributed by atoms with Crippen LogP contribution in [0.25, 0.3) is 10.8 Å². The second-order valence-corrected chi connectivity index (χ2v) is 9.74. The Hall–Kier alpha value is -3.33. The number of rotatable bonds is 6. The van der Waals surface area contributed by atoms with Gasteiger partial charge in [0, 0.05) is 23.9 Å². The van der Waals surface area contributed by atoms with Crippen molar-refractivity contribution in [2.24, 2.45) is 0 Å². The Kier molecular flexibility index (Phi) is 5.20. The number of pyridine rings is 3. The monoisotopic (exact) mass is 466 g/mol. The lowest BCUT2D eigenvalue weighted by atomic mass is 9.94. The van der Waals surface area contributed by atoms with E-state index >= 15 is 0 Å². The van der Waals surface area contributed by atoms with E-state index in [0.717, 1.165) is 0 Å². The number of hydrogen-bond donors (Lipinski definition) is 2. The second kappa shape index (κ2) is 7.87. The van der Waals surface area contributed by atoms with Gasteiger partial charge in [0.25, 0.3) is 0 Å². The third kappa shape index (κ3) is 4.16. The molecule has 0 aromatic carbocycles. The van der Waals surface area contributed by atoms with Crippen LogP contribution in [0.1, 0.15) is 68.1 Å². The van der Waals surface area contributed by atoms with E-state index in [1.165, 1.54) is 0 Å². The van der Waals surface area contributed by atoms with Crippen molar-refractivity contribution < 1.29 is 23.8 Å². The summed E-state index contributed by atoms with van der Waals surface area (Å²) in [4.78, 5) is 25.6. The minimum absolute atomic E-state index is 0.0446. The van der Waals surface area contributed by atoms with E-state index in [2.05, 4.69) is 20.3 Å². The Morgan fingerprint density at radius 3 is 2.68 bits per heavy atom. The maximum atomic E-state index is 14.1. The van der Waals surface area contributed by atoms with Crippen LogP contribution in [0.4, 0.5) is 16.0 Å². The van der Waals surface area contributed by atoms with Gasteiger partial charge in [-0.1, -0.05) is 6.92 Å². The molecule has 8 nitrogen and oxygen atoms in total. The number of carbonyl (C=O) groups is 1. The summed E-state index contributed by atoms with van der Waals surface area (Å²) in [5, 5.41) is 15.1. The van der Waals surface area contributed by atoms with Crippen LogP contribution in [0, 0.1) is 0 Å². The lowest BCUT2D eigenvalue weighted by Crippen LogP contribution is -2.29. The predicted octanol–water partition coefficient (Wildman–Crippen LogP) is 4.54. The van der Waals surface area contributed by atoms with Gasteiger partial charge in [-0.2, -0.15) is 0 Å². The molecule has 4 heterocycles. The number of hydrogen-bond acceptors (Lipinski definition) is 8. The minimum Gasteiger partial charge on any atom is -0.474 e. The van der Waals surface area contributed by atoms with E-state index in [1.807, 2.05) is 13.8 Å². The number of nitrogens with one attached hydrogen (secondary N) is 1. The topological polar surface area (TPSA) is 106 Å². The molecular weight excluding hydrogens is 439 g/mol. The highest BCUT2D eigenvalue weighted by Crippen LogP contribution is 2.41. The lowest BCUT2D eigenvalue weighted by Gasteiger charge is -2.27. The molecule has 2 atom stereocenters. The first-order valence-corrected chi connectivity index (χ1v) is 11.4. The Labute approximate surface area is 196 Å². The first-order chi connectivity index (χ1) is 16.0. The number of aromatic nitrogens is 3. The minimum atomic E-state index is -1.28. The first kappa shape index (κ1) is 22.5. The van der Waals surface area contributed by atoms with Gasteiger partial charge >= 0.3 is 5.97 Å². The van der Waals surface area contributed by atoms with Crippen molar-refractivity contribution in [1.29, 1.82) is 0 Å². The van der Waals surface area contributed by atoms with Crippen LogP contribution in [-0.2, 0) is 10.3 Å². The van der Waals surface area contributed by atoms with Crippen LogP contribution in [0.2, 0.25) is 0 Å². The normalized spacial score (nSPS) is 21.1. The number of aliphatic hydroxyl groups is 1. The summed E-state index contributed by atoms with van der Waals surface area (Å²) < 4.78 is 25.1. The van der Waals surface area contributed by atoms with Crippen LogP contribution in [0.3, 0.4) is 0 Å². The van der Waals surface area contributed by atoms with Gasteiger partial charge < -0.3 is 19.9 Å². The summed E-state index contributed by atoms with van der Waals surface area (Å²) in [6.45, 7) is 7.09.